The Morgan fingerprint density at radius 1 is 1.00 bits per heavy atom. The summed E-state index contributed by atoms with van der Waals surface area (Å²) in [5.74, 6) is 4.90. The summed E-state index contributed by atoms with van der Waals surface area (Å²) in [4.78, 5) is 9.86. The number of nitrogens with two attached hydrogens (primary N) is 1. The van der Waals surface area contributed by atoms with Gasteiger partial charge in [-0.1, -0.05) is 59.7 Å². The van der Waals surface area contributed by atoms with Gasteiger partial charge >= 0.3 is 0 Å². The minimum Gasteiger partial charge on any atom is -0.300 e. The molecule has 24 heavy (non-hydrogen) atoms. The Balaban J connectivity index is 0.000000185. The summed E-state index contributed by atoms with van der Waals surface area (Å²) in [6.07, 6.45) is 0. The van der Waals surface area contributed by atoms with E-state index in [1.165, 1.54) is 11.1 Å². The fraction of sp³-hybridized carbons (Fsp3) is 0.316. The lowest BCUT2D eigenvalue weighted by atomic mass is 10.2. The van der Waals surface area contributed by atoms with E-state index in [0.29, 0.717) is 13.2 Å². The molecule has 1 aliphatic heterocycles. The molecule has 2 aromatic rings. The van der Waals surface area contributed by atoms with Gasteiger partial charge in [-0.2, -0.15) is 10.3 Å². The van der Waals surface area contributed by atoms with Gasteiger partial charge in [0.15, 0.2) is 0 Å². The van der Waals surface area contributed by atoms with Crippen molar-refractivity contribution in [1.82, 2.24) is 5.06 Å². The van der Waals surface area contributed by atoms with Crippen LogP contribution in [-0.2, 0) is 22.9 Å². The van der Waals surface area contributed by atoms with Gasteiger partial charge in [-0.05, 0) is 25.0 Å². The van der Waals surface area contributed by atoms with Crippen molar-refractivity contribution in [3.63, 3.8) is 0 Å². The monoisotopic (exact) mass is 325 g/mol. The van der Waals surface area contributed by atoms with Gasteiger partial charge in [-0.25, -0.2) is 5.90 Å². The first-order chi connectivity index (χ1) is 11.6. The topological polar surface area (TPSA) is 71.3 Å². The van der Waals surface area contributed by atoms with Crippen LogP contribution in [0.25, 0.3) is 0 Å². The summed E-state index contributed by atoms with van der Waals surface area (Å²) in [6, 6.07) is 18.4. The molecule has 5 heteroatoms. The van der Waals surface area contributed by atoms with Crippen molar-refractivity contribution in [3.8, 4) is 6.07 Å². The highest BCUT2D eigenvalue weighted by Crippen LogP contribution is 2.18. The lowest BCUT2D eigenvalue weighted by Crippen LogP contribution is -2.02. The van der Waals surface area contributed by atoms with Gasteiger partial charge < -0.3 is 0 Å². The normalized spacial score (nSPS) is 18.2. The zero-order valence-corrected chi connectivity index (χ0v) is 14.1. The Labute approximate surface area is 143 Å². The highest BCUT2D eigenvalue weighted by atomic mass is 16.7. The van der Waals surface area contributed by atoms with Crippen LogP contribution in [-0.4, -0.2) is 17.6 Å². The molecule has 2 aromatic carbocycles. The number of nitrogens with zero attached hydrogens (tertiary/aromatic N) is 2. The molecule has 0 aromatic heterocycles. The smallest absolute Gasteiger partial charge is 0.137 e. The van der Waals surface area contributed by atoms with Crippen molar-refractivity contribution < 1.29 is 9.68 Å². The number of hydrogen-bond acceptors (Lipinski definition) is 5. The van der Waals surface area contributed by atoms with Crippen LogP contribution in [0.15, 0.2) is 48.5 Å². The van der Waals surface area contributed by atoms with E-state index >= 15 is 0 Å². The van der Waals surface area contributed by atoms with E-state index in [1.807, 2.05) is 43.3 Å². The Hall–Kier alpha value is -2.23. The second-order valence-electron chi connectivity index (χ2n) is 5.80. The van der Waals surface area contributed by atoms with Crippen LogP contribution >= 0.6 is 0 Å². The molecule has 0 radical (unpaired) electrons. The second kappa shape index (κ2) is 9.16. The Kier molecular flexibility index (Phi) is 6.91. The summed E-state index contributed by atoms with van der Waals surface area (Å²) in [6.45, 7) is 5.88. The van der Waals surface area contributed by atoms with E-state index in [0.717, 1.165) is 17.7 Å². The fourth-order valence-electron chi connectivity index (χ4n) is 1.99. The van der Waals surface area contributed by atoms with Crippen molar-refractivity contribution in [2.45, 2.75) is 33.1 Å². The number of benzene rings is 2. The van der Waals surface area contributed by atoms with Crippen LogP contribution in [0.2, 0.25) is 0 Å². The first-order valence-electron chi connectivity index (χ1n) is 7.84. The predicted molar refractivity (Wildman–Crippen MR) is 92.2 cm³/mol. The first-order valence-corrected chi connectivity index (χ1v) is 7.84. The van der Waals surface area contributed by atoms with Crippen molar-refractivity contribution in [1.29, 1.82) is 5.26 Å². The molecular weight excluding hydrogens is 302 g/mol. The van der Waals surface area contributed by atoms with Gasteiger partial charge in [0.25, 0.3) is 0 Å². The van der Waals surface area contributed by atoms with E-state index < -0.39 is 0 Å². The van der Waals surface area contributed by atoms with Crippen molar-refractivity contribution >= 4 is 0 Å². The van der Waals surface area contributed by atoms with Gasteiger partial charge in [0.05, 0.1) is 25.8 Å². The molecule has 1 heterocycles. The number of rotatable bonds is 5. The molecule has 1 aliphatic rings. The summed E-state index contributed by atoms with van der Waals surface area (Å²) in [7, 11) is 0. The zero-order chi connectivity index (χ0) is 17.4. The molecule has 0 saturated carbocycles. The molecule has 0 aliphatic carbocycles. The van der Waals surface area contributed by atoms with E-state index in [9.17, 15) is 0 Å². The van der Waals surface area contributed by atoms with Crippen LogP contribution in [0, 0.1) is 25.2 Å². The minimum atomic E-state index is -0.0274. The molecule has 5 nitrogen and oxygen atoms in total. The third-order valence-corrected chi connectivity index (χ3v) is 3.60. The fourth-order valence-corrected chi connectivity index (χ4v) is 1.99. The molecule has 126 valence electrons. The van der Waals surface area contributed by atoms with E-state index in [2.05, 4.69) is 30.0 Å². The van der Waals surface area contributed by atoms with Gasteiger partial charge in [-0.15, -0.1) is 0 Å². The van der Waals surface area contributed by atoms with Crippen LogP contribution < -0.4 is 5.90 Å². The van der Waals surface area contributed by atoms with Crippen LogP contribution in [0.3, 0.4) is 0 Å². The highest BCUT2D eigenvalue weighted by molar-refractivity contribution is 5.21. The molecule has 3 rings (SSSR count). The molecule has 0 bridgehead atoms. The molecule has 2 N–H and O–H groups in total. The lowest BCUT2D eigenvalue weighted by molar-refractivity contribution is -0.0826. The van der Waals surface area contributed by atoms with Crippen LogP contribution in [0.1, 0.15) is 22.3 Å². The lowest BCUT2D eigenvalue weighted by Gasteiger charge is -2.03. The Morgan fingerprint density at radius 3 is 1.92 bits per heavy atom. The molecule has 0 spiro atoms. The van der Waals surface area contributed by atoms with Crippen molar-refractivity contribution in [3.05, 3.63) is 70.8 Å². The number of nitriles is 1. The number of hydroxylamine groups is 2. The van der Waals surface area contributed by atoms with Gasteiger partial charge in [0.2, 0.25) is 0 Å². The maximum absolute atomic E-state index is 8.54. The van der Waals surface area contributed by atoms with Crippen LogP contribution in [0.4, 0.5) is 0 Å². The molecule has 2 unspecified atom stereocenters. The Bertz CT molecular complexity index is 663. The average molecular weight is 325 g/mol. The Morgan fingerprint density at radius 2 is 1.50 bits per heavy atom. The average Bonchev–Trinajstić information content (AvgIpc) is 3.36. The molecule has 0 amide bonds. The third kappa shape index (κ3) is 6.11. The molecule has 1 saturated heterocycles. The predicted octanol–water partition coefficient (Wildman–Crippen LogP) is 3.02. The summed E-state index contributed by atoms with van der Waals surface area (Å²) in [5, 5.41) is 10.2. The van der Waals surface area contributed by atoms with E-state index in [1.54, 1.807) is 5.06 Å². The van der Waals surface area contributed by atoms with Crippen molar-refractivity contribution in [2.24, 2.45) is 5.90 Å². The second-order valence-corrected chi connectivity index (χ2v) is 5.80. The first kappa shape index (κ1) is 18.1. The number of aryl methyl sites for hydroxylation is 2. The zero-order valence-electron chi connectivity index (χ0n) is 14.1. The summed E-state index contributed by atoms with van der Waals surface area (Å²) in [5.41, 5.74) is 4.74. The van der Waals surface area contributed by atoms with Gasteiger partial charge in [0.1, 0.15) is 6.04 Å². The highest BCUT2D eigenvalue weighted by Gasteiger charge is 2.35. The third-order valence-electron chi connectivity index (χ3n) is 3.60. The minimum absolute atomic E-state index is 0.0274. The number of hydrogen-bond donors (Lipinski definition) is 1. The van der Waals surface area contributed by atoms with Crippen LogP contribution in [0.5, 0.6) is 0 Å². The summed E-state index contributed by atoms with van der Waals surface area (Å²) < 4.78 is 0. The van der Waals surface area contributed by atoms with Crippen molar-refractivity contribution in [2.75, 3.05) is 6.54 Å². The SMILES string of the molecule is Cc1ccc(CON)cc1.Cc1ccc(CON2CC2C#N)cc1. The summed E-state index contributed by atoms with van der Waals surface area (Å²) >= 11 is 0. The van der Waals surface area contributed by atoms with E-state index in [4.69, 9.17) is 16.0 Å². The molecular formula is C19H23N3O2. The maximum atomic E-state index is 8.54. The quantitative estimate of drug-likeness (QED) is 0.676. The van der Waals surface area contributed by atoms with E-state index in [-0.39, 0.29) is 6.04 Å². The van der Waals surface area contributed by atoms with Gasteiger partial charge in [0, 0.05) is 0 Å². The largest absolute Gasteiger partial charge is 0.300 e. The maximum Gasteiger partial charge on any atom is 0.137 e. The molecule has 2 atom stereocenters. The van der Waals surface area contributed by atoms with Gasteiger partial charge in [-0.3, -0.25) is 9.68 Å². The standard InChI is InChI=1S/C11H12N2O.C8H11NO/c1-9-2-4-10(5-3-9)8-14-13-7-11(13)6-12;1-7-2-4-8(5-3-7)6-10-9/h2-5,11H,7-8H2,1H3;2-5H,6,9H2,1H3. The molecule has 1 fully saturated rings.